The molecule has 0 radical (unpaired) electrons. The van der Waals surface area contributed by atoms with Gasteiger partial charge in [-0.05, 0) is 18.8 Å². The Balaban J connectivity index is 2.21. The van der Waals surface area contributed by atoms with E-state index in [2.05, 4.69) is 5.32 Å². The summed E-state index contributed by atoms with van der Waals surface area (Å²) in [7, 11) is -2.99. The summed E-state index contributed by atoms with van der Waals surface area (Å²) >= 11 is 0. The molecule has 2 rings (SSSR count). The lowest BCUT2D eigenvalue weighted by Gasteiger charge is -2.52. The second-order valence-electron chi connectivity index (χ2n) is 4.72. The maximum atomic E-state index is 11.6. The number of rotatable bonds is 1. The summed E-state index contributed by atoms with van der Waals surface area (Å²) in [6, 6.07) is -0.132. The lowest BCUT2D eigenvalue weighted by molar-refractivity contribution is 0.0802. The predicted octanol–water partition coefficient (Wildman–Crippen LogP) is 0.707. The molecule has 5 heteroatoms. The van der Waals surface area contributed by atoms with Crippen LogP contribution < -0.4 is 0 Å². The van der Waals surface area contributed by atoms with Crippen LogP contribution in [-0.4, -0.2) is 43.7 Å². The van der Waals surface area contributed by atoms with Crippen LogP contribution in [0.25, 0.3) is 5.32 Å². The summed E-state index contributed by atoms with van der Waals surface area (Å²) in [5.74, 6) is 0.0532. The minimum atomic E-state index is -2.99. The van der Waals surface area contributed by atoms with Crippen molar-refractivity contribution in [1.29, 1.82) is 0 Å². The van der Waals surface area contributed by atoms with Crippen LogP contribution >= 0.6 is 0 Å². The van der Waals surface area contributed by atoms with Gasteiger partial charge in [-0.3, -0.25) is 0 Å². The van der Waals surface area contributed by atoms with Crippen molar-refractivity contribution in [1.82, 2.24) is 0 Å². The standard InChI is InChI=1S/C10H18NO3S/c1-15(13,14)9-5-4-8(12)10-7(9)3-2-6-11-10/h7-10,12H,2-6H2,1H3/q-1. The fraction of sp³-hybridized carbons (Fsp3) is 1.00. The molecule has 1 saturated heterocycles. The zero-order valence-corrected chi connectivity index (χ0v) is 9.78. The third kappa shape index (κ3) is 2.19. The molecule has 4 unspecified atom stereocenters. The van der Waals surface area contributed by atoms with Crippen LogP contribution in [0.5, 0.6) is 0 Å². The summed E-state index contributed by atoms with van der Waals surface area (Å²) < 4.78 is 23.2. The van der Waals surface area contributed by atoms with Gasteiger partial charge in [0, 0.05) is 12.4 Å². The molecule has 1 aliphatic heterocycles. The van der Waals surface area contributed by atoms with Crippen molar-refractivity contribution in [2.75, 3.05) is 12.8 Å². The van der Waals surface area contributed by atoms with Crippen molar-refractivity contribution < 1.29 is 13.5 Å². The second kappa shape index (κ2) is 4.03. The molecule has 4 atom stereocenters. The molecule has 0 aromatic heterocycles. The molecule has 1 heterocycles. The quantitative estimate of drug-likeness (QED) is 0.724. The zero-order valence-electron chi connectivity index (χ0n) is 8.96. The Labute approximate surface area is 91.0 Å². The van der Waals surface area contributed by atoms with E-state index in [1.165, 1.54) is 6.26 Å². The van der Waals surface area contributed by atoms with Crippen molar-refractivity contribution in [3.63, 3.8) is 0 Å². The van der Waals surface area contributed by atoms with E-state index >= 15 is 0 Å². The van der Waals surface area contributed by atoms with Crippen LogP contribution in [0.15, 0.2) is 0 Å². The van der Waals surface area contributed by atoms with Gasteiger partial charge in [-0.25, -0.2) is 8.42 Å². The van der Waals surface area contributed by atoms with Crippen molar-refractivity contribution in [2.45, 2.75) is 43.1 Å². The summed E-state index contributed by atoms with van der Waals surface area (Å²) in [4.78, 5) is 0. The highest BCUT2D eigenvalue weighted by Crippen LogP contribution is 2.39. The Morgan fingerprint density at radius 2 is 2.00 bits per heavy atom. The number of hydrogen-bond acceptors (Lipinski definition) is 3. The number of piperidine rings is 1. The Morgan fingerprint density at radius 1 is 1.27 bits per heavy atom. The average molecular weight is 232 g/mol. The first-order valence-corrected chi connectivity index (χ1v) is 7.49. The molecule has 0 bridgehead atoms. The van der Waals surface area contributed by atoms with Gasteiger partial charge >= 0.3 is 0 Å². The molecule has 88 valence electrons. The van der Waals surface area contributed by atoms with E-state index in [9.17, 15) is 13.5 Å². The number of aliphatic hydroxyl groups is 1. The van der Waals surface area contributed by atoms with E-state index in [1.807, 2.05) is 0 Å². The Kier molecular flexibility index (Phi) is 3.05. The van der Waals surface area contributed by atoms with Crippen molar-refractivity contribution in [3.05, 3.63) is 5.32 Å². The van der Waals surface area contributed by atoms with Gasteiger partial charge in [0.1, 0.15) is 0 Å². The first-order valence-electron chi connectivity index (χ1n) is 5.53. The predicted molar refractivity (Wildman–Crippen MR) is 58.6 cm³/mol. The fourth-order valence-corrected chi connectivity index (χ4v) is 4.43. The molecule has 0 spiro atoms. The zero-order chi connectivity index (χ0) is 11.1. The van der Waals surface area contributed by atoms with Crippen molar-refractivity contribution in [3.8, 4) is 0 Å². The lowest BCUT2D eigenvalue weighted by Crippen LogP contribution is -2.49. The molecule has 1 saturated carbocycles. The summed E-state index contributed by atoms with van der Waals surface area (Å²) in [5.41, 5.74) is 0. The van der Waals surface area contributed by atoms with Crippen LogP contribution in [0.3, 0.4) is 0 Å². The van der Waals surface area contributed by atoms with E-state index in [0.29, 0.717) is 12.8 Å². The van der Waals surface area contributed by atoms with E-state index < -0.39 is 15.9 Å². The largest absolute Gasteiger partial charge is 0.657 e. The summed E-state index contributed by atoms with van der Waals surface area (Å²) in [5, 5.41) is 13.9. The lowest BCUT2D eigenvalue weighted by atomic mass is 9.77. The van der Waals surface area contributed by atoms with Crippen LogP contribution in [-0.2, 0) is 9.84 Å². The Hall–Kier alpha value is -0.130. The van der Waals surface area contributed by atoms with Crippen LogP contribution in [0.1, 0.15) is 25.7 Å². The maximum Gasteiger partial charge on any atom is 0.150 e. The molecular weight excluding hydrogens is 214 g/mol. The second-order valence-corrected chi connectivity index (χ2v) is 6.98. The monoisotopic (exact) mass is 232 g/mol. The highest BCUT2D eigenvalue weighted by atomic mass is 32.2. The number of sulfone groups is 1. The molecule has 0 aromatic carbocycles. The van der Waals surface area contributed by atoms with Gasteiger partial charge in [0.25, 0.3) is 0 Å². The average Bonchev–Trinajstić information content (AvgIpc) is 2.17. The van der Waals surface area contributed by atoms with Gasteiger partial charge in [-0.1, -0.05) is 12.8 Å². The molecule has 2 aliphatic rings. The SMILES string of the molecule is CS(=O)(=O)C1CCC(O)C2[N-]CCCC21. The molecule has 0 amide bonds. The first kappa shape index (κ1) is 11.4. The third-order valence-electron chi connectivity index (χ3n) is 3.64. The number of nitrogens with zero attached hydrogens (tertiary/aromatic N) is 1. The Morgan fingerprint density at radius 3 is 2.67 bits per heavy atom. The smallest absolute Gasteiger partial charge is 0.150 e. The highest BCUT2D eigenvalue weighted by molar-refractivity contribution is 7.91. The molecule has 4 nitrogen and oxygen atoms in total. The van der Waals surface area contributed by atoms with Crippen molar-refractivity contribution in [2.24, 2.45) is 5.92 Å². The highest BCUT2D eigenvalue weighted by Gasteiger charge is 2.39. The van der Waals surface area contributed by atoms with Crippen molar-refractivity contribution >= 4 is 9.84 Å². The minimum absolute atomic E-state index is 0.0532. The van der Waals surface area contributed by atoms with Gasteiger partial charge < -0.3 is 10.4 Å². The van der Waals surface area contributed by atoms with E-state index in [-0.39, 0.29) is 17.2 Å². The van der Waals surface area contributed by atoms with Gasteiger partial charge in [-0.15, -0.1) is 12.6 Å². The molecule has 1 aliphatic carbocycles. The molecular formula is C10H18NO3S-. The number of hydrogen-bond donors (Lipinski definition) is 1. The maximum absolute atomic E-state index is 11.6. The summed E-state index contributed by atoms with van der Waals surface area (Å²) in [6.45, 7) is 0.773. The normalized spacial score (nSPS) is 42.3. The first-order chi connectivity index (χ1) is 7.00. The minimum Gasteiger partial charge on any atom is -0.657 e. The van der Waals surface area contributed by atoms with E-state index in [4.69, 9.17) is 0 Å². The summed E-state index contributed by atoms with van der Waals surface area (Å²) in [6.07, 6.45) is 3.90. The number of aliphatic hydroxyl groups excluding tert-OH is 1. The molecule has 1 N–H and O–H groups in total. The van der Waals surface area contributed by atoms with Crippen LogP contribution in [0.4, 0.5) is 0 Å². The third-order valence-corrected chi connectivity index (χ3v) is 5.33. The van der Waals surface area contributed by atoms with Crippen LogP contribution in [0.2, 0.25) is 0 Å². The van der Waals surface area contributed by atoms with Gasteiger partial charge in [-0.2, -0.15) is 0 Å². The Bertz CT molecular complexity index is 328. The molecule has 15 heavy (non-hydrogen) atoms. The van der Waals surface area contributed by atoms with Crippen LogP contribution in [0, 0.1) is 5.92 Å². The van der Waals surface area contributed by atoms with Gasteiger partial charge in [0.2, 0.25) is 0 Å². The van der Waals surface area contributed by atoms with Gasteiger partial charge in [0.05, 0.1) is 5.25 Å². The van der Waals surface area contributed by atoms with E-state index in [1.54, 1.807) is 0 Å². The number of fused-ring (bicyclic) bond motifs is 1. The fourth-order valence-electron chi connectivity index (χ4n) is 2.94. The van der Waals surface area contributed by atoms with E-state index in [0.717, 1.165) is 19.4 Å². The molecule has 0 aromatic rings. The van der Waals surface area contributed by atoms with Gasteiger partial charge in [0.15, 0.2) is 9.84 Å². The topological polar surface area (TPSA) is 68.5 Å². The molecule has 2 fully saturated rings.